The van der Waals surface area contributed by atoms with Crippen LogP contribution in [0, 0.1) is 12.8 Å². The molecule has 0 spiro atoms. The minimum absolute atomic E-state index is 0.129. The van der Waals surface area contributed by atoms with Crippen molar-refractivity contribution in [3.8, 4) is 0 Å². The summed E-state index contributed by atoms with van der Waals surface area (Å²) < 4.78 is 0. The van der Waals surface area contributed by atoms with Gasteiger partial charge < -0.3 is 15.5 Å². The van der Waals surface area contributed by atoms with Gasteiger partial charge in [-0.25, -0.2) is 4.79 Å². The summed E-state index contributed by atoms with van der Waals surface area (Å²) in [7, 11) is 0. The first kappa shape index (κ1) is 16.3. The summed E-state index contributed by atoms with van der Waals surface area (Å²) in [6.07, 6.45) is 5.88. The number of nitrogens with one attached hydrogen (secondary N) is 2. The molecular weight excluding hydrogens is 300 g/mol. The molecule has 1 saturated heterocycles. The van der Waals surface area contributed by atoms with Crippen LogP contribution in [-0.4, -0.2) is 30.6 Å². The molecular formula is C19H24N4O. The standard InChI is InChI=1S/C19H24N4O/c1-15-4-2-5-17(12-15)22-19(24)21-13-16-7-10-23(11-8-16)18-6-3-9-20-14-18/h2-6,9,12,14,16H,7-8,10-11,13H2,1H3,(H2,21,22,24). The number of piperidine rings is 1. The van der Waals surface area contributed by atoms with E-state index in [1.165, 1.54) is 5.69 Å². The SMILES string of the molecule is Cc1cccc(NC(=O)NCC2CCN(c3cccnc3)CC2)c1. The van der Waals surface area contributed by atoms with Crippen molar-refractivity contribution in [1.82, 2.24) is 10.3 Å². The van der Waals surface area contributed by atoms with E-state index < -0.39 is 0 Å². The van der Waals surface area contributed by atoms with Gasteiger partial charge in [-0.05, 0) is 55.5 Å². The molecule has 1 fully saturated rings. The number of pyridine rings is 1. The molecule has 2 aromatic rings. The second kappa shape index (κ2) is 7.81. The Hall–Kier alpha value is -2.56. The normalized spacial score (nSPS) is 15.1. The van der Waals surface area contributed by atoms with Gasteiger partial charge in [-0.15, -0.1) is 0 Å². The molecule has 1 aromatic carbocycles. The maximum Gasteiger partial charge on any atom is 0.319 e. The van der Waals surface area contributed by atoms with E-state index in [9.17, 15) is 4.79 Å². The van der Waals surface area contributed by atoms with Crippen molar-refractivity contribution in [1.29, 1.82) is 0 Å². The lowest BCUT2D eigenvalue weighted by molar-refractivity contribution is 0.248. The van der Waals surface area contributed by atoms with Crippen LogP contribution in [0.3, 0.4) is 0 Å². The second-order valence-corrected chi connectivity index (χ2v) is 6.35. The lowest BCUT2D eigenvalue weighted by Gasteiger charge is -2.33. The number of hydrogen-bond acceptors (Lipinski definition) is 3. The number of aryl methyl sites for hydroxylation is 1. The molecule has 0 unspecified atom stereocenters. The van der Waals surface area contributed by atoms with E-state index in [2.05, 4.69) is 26.6 Å². The van der Waals surface area contributed by atoms with Crippen molar-refractivity contribution in [3.63, 3.8) is 0 Å². The first-order valence-corrected chi connectivity index (χ1v) is 8.47. The lowest BCUT2D eigenvalue weighted by atomic mass is 9.96. The van der Waals surface area contributed by atoms with Crippen LogP contribution in [0.4, 0.5) is 16.2 Å². The Labute approximate surface area is 143 Å². The number of benzene rings is 1. The van der Waals surface area contributed by atoms with E-state index in [-0.39, 0.29) is 6.03 Å². The molecule has 1 aromatic heterocycles. The van der Waals surface area contributed by atoms with Gasteiger partial charge in [0.1, 0.15) is 0 Å². The lowest BCUT2D eigenvalue weighted by Crippen LogP contribution is -2.39. The van der Waals surface area contributed by atoms with Gasteiger partial charge in [0.15, 0.2) is 0 Å². The first-order valence-electron chi connectivity index (χ1n) is 8.47. The van der Waals surface area contributed by atoms with Crippen molar-refractivity contribution in [3.05, 3.63) is 54.4 Å². The summed E-state index contributed by atoms with van der Waals surface area (Å²) >= 11 is 0. The van der Waals surface area contributed by atoms with Crippen LogP contribution >= 0.6 is 0 Å². The van der Waals surface area contributed by atoms with Crippen molar-refractivity contribution in [2.75, 3.05) is 29.9 Å². The molecule has 0 saturated carbocycles. The first-order chi connectivity index (χ1) is 11.7. The minimum atomic E-state index is -0.129. The Morgan fingerprint density at radius 2 is 2.08 bits per heavy atom. The van der Waals surface area contributed by atoms with Gasteiger partial charge in [0, 0.05) is 31.5 Å². The minimum Gasteiger partial charge on any atom is -0.370 e. The van der Waals surface area contributed by atoms with Gasteiger partial charge in [0.05, 0.1) is 11.9 Å². The summed E-state index contributed by atoms with van der Waals surface area (Å²) in [5, 5.41) is 5.88. The molecule has 5 nitrogen and oxygen atoms in total. The van der Waals surface area contributed by atoms with Crippen LogP contribution in [0.2, 0.25) is 0 Å². The molecule has 0 aliphatic carbocycles. The zero-order valence-electron chi connectivity index (χ0n) is 14.0. The Bertz CT molecular complexity index is 666. The zero-order valence-corrected chi connectivity index (χ0v) is 14.0. The number of hydrogen-bond donors (Lipinski definition) is 2. The van der Waals surface area contributed by atoms with Crippen LogP contribution in [0.15, 0.2) is 48.8 Å². The molecule has 2 heterocycles. The van der Waals surface area contributed by atoms with Crippen molar-refractivity contribution >= 4 is 17.4 Å². The fourth-order valence-electron chi connectivity index (χ4n) is 3.07. The number of anilines is 2. The fourth-order valence-corrected chi connectivity index (χ4v) is 3.07. The van der Waals surface area contributed by atoms with Gasteiger partial charge in [0.2, 0.25) is 0 Å². The average Bonchev–Trinajstić information content (AvgIpc) is 2.61. The van der Waals surface area contributed by atoms with Gasteiger partial charge in [-0.1, -0.05) is 12.1 Å². The van der Waals surface area contributed by atoms with E-state index in [1.54, 1.807) is 6.20 Å². The Balaban J connectivity index is 1.41. The monoisotopic (exact) mass is 324 g/mol. The molecule has 1 aliphatic heterocycles. The van der Waals surface area contributed by atoms with Crippen molar-refractivity contribution in [2.24, 2.45) is 5.92 Å². The van der Waals surface area contributed by atoms with E-state index in [4.69, 9.17) is 0 Å². The van der Waals surface area contributed by atoms with Gasteiger partial charge in [-0.2, -0.15) is 0 Å². The average molecular weight is 324 g/mol. The van der Waals surface area contributed by atoms with Crippen LogP contribution in [0.1, 0.15) is 18.4 Å². The molecule has 3 rings (SSSR count). The number of carbonyl (C=O) groups is 1. The Morgan fingerprint density at radius 1 is 1.25 bits per heavy atom. The summed E-state index contributed by atoms with van der Waals surface area (Å²) in [5.74, 6) is 0.529. The van der Waals surface area contributed by atoms with Crippen molar-refractivity contribution < 1.29 is 4.79 Å². The third-order valence-electron chi connectivity index (χ3n) is 4.45. The largest absolute Gasteiger partial charge is 0.370 e. The highest BCUT2D eigenvalue weighted by molar-refractivity contribution is 5.89. The van der Waals surface area contributed by atoms with Crippen LogP contribution in [0.25, 0.3) is 0 Å². The van der Waals surface area contributed by atoms with E-state index in [0.29, 0.717) is 5.92 Å². The zero-order chi connectivity index (χ0) is 16.8. The third kappa shape index (κ3) is 4.47. The number of amides is 2. The van der Waals surface area contributed by atoms with Gasteiger partial charge in [0.25, 0.3) is 0 Å². The van der Waals surface area contributed by atoms with Crippen LogP contribution in [0.5, 0.6) is 0 Å². The highest BCUT2D eigenvalue weighted by Crippen LogP contribution is 2.22. The molecule has 126 valence electrons. The number of rotatable bonds is 4. The number of carbonyl (C=O) groups excluding carboxylic acids is 1. The predicted molar refractivity (Wildman–Crippen MR) is 97.4 cm³/mol. The number of nitrogens with zero attached hydrogens (tertiary/aromatic N) is 2. The van der Waals surface area contributed by atoms with E-state index >= 15 is 0 Å². The highest BCUT2D eigenvalue weighted by atomic mass is 16.2. The maximum absolute atomic E-state index is 12.0. The third-order valence-corrected chi connectivity index (χ3v) is 4.45. The topological polar surface area (TPSA) is 57.3 Å². The summed E-state index contributed by atoms with van der Waals surface area (Å²) in [6, 6.07) is 11.8. The molecule has 24 heavy (non-hydrogen) atoms. The second-order valence-electron chi connectivity index (χ2n) is 6.35. The highest BCUT2D eigenvalue weighted by Gasteiger charge is 2.20. The molecule has 2 N–H and O–H groups in total. The molecule has 0 atom stereocenters. The summed E-state index contributed by atoms with van der Waals surface area (Å²) in [4.78, 5) is 18.5. The smallest absolute Gasteiger partial charge is 0.319 e. The number of aromatic nitrogens is 1. The quantitative estimate of drug-likeness (QED) is 0.906. The van der Waals surface area contributed by atoms with Crippen molar-refractivity contribution in [2.45, 2.75) is 19.8 Å². The molecule has 1 aliphatic rings. The maximum atomic E-state index is 12.0. The van der Waals surface area contributed by atoms with E-state index in [1.807, 2.05) is 43.5 Å². The van der Waals surface area contributed by atoms with Crippen LogP contribution < -0.4 is 15.5 Å². The van der Waals surface area contributed by atoms with E-state index in [0.717, 1.165) is 43.7 Å². The summed E-state index contributed by atoms with van der Waals surface area (Å²) in [6.45, 7) is 4.76. The molecule has 2 amide bonds. The fraction of sp³-hybridized carbons (Fsp3) is 0.368. The van der Waals surface area contributed by atoms with Gasteiger partial charge >= 0.3 is 6.03 Å². The molecule has 0 radical (unpaired) electrons. The molecule has 5 heteroatoms. The van der Waals surface area contributed by atoms with Crippen LogP contribution in [-0.2, 0) is 0 Å². The number of urea groups is 1. The van der Waals surface area contributed by atoms with Gasteiger partial charge in [-0.3, -0.25) is 4.98 Å². The predicted octanol–water partition coefficient (Wildman–Crippen LogP) is 3.43. The Kier molecular flexibility index (Phi) is 5.31. The Morgan fingerprint density at radius 3 is 2.79 bits per heavy atom. The summed E-state index contributed by atoms with van der Waals surface area (Å²) in [5.41, 5.74) is 3.15. The molecule has 0 bridgehead atoms.